The number of rotatable bonds is 6. The molecule has 2 aromatic carbocycles. The van der Waals surface area contributed by atoms with Crippen LogP contribution in [0.1, 0.15) is 22.8 Å². The van der Waals surface area contributed by atoms with Gasteiger partial charge in [-0.15, -0.1) is 0 Å². The molecule has 1 N–H and O–H groups in total. The number of nitrogens with one attached hydrogen (secondary N) is 1. The molecule has 21 heavy (non-hydrogen) atoms. The van der Waals surface area contributed by atoms with Crippen LogP contribution in [0.3, 0.4) is 0 Å². The van der Waals surface area contributed by atoms with E-state index in [9.17, 15) is 4.79 Å². The number of aryl methyl sites for hydroxylation is 1. The number of hydrogen-bond donors (Lipinski definition) is 1. The second-order valence-corrected chi connectivity index (χ2v) is 5.05. The van der Waals surface area contributed by atoms with Crippen LogP contribution in [0.25, 0.3) is 0 Å². The van der Waals surface area contributed by atoms with Crippen LogP contribution in [0.5, 0.6) is 5.75 Å². The van der Waals surface area contributed by atoms with E-state index in [1.54, 1.807) is 24.3 Å². The summed E-state index contributed by atoms with van der Waals surface area (Å²) in [4.78, 5) is 11.9. The van der Waals surface area contributed by atoms with E-state index in [1.807, 2.05) is 24.3 Å². The minimum atomic E-state index is -0.0858. The Labute approximate surface area is 129 Å². The van der Waals surface area contributed by atoms with Gasteiger partial charge in [-0.05, 0) is 48.4 Å². The molecule has 0 aliphatic heterocycles. The third-order valence-corrected chi connectivity index (χ3v) is 3.35. The smallest absolute Gasteiger partial charge is 0.251 e. The number of halogens is 1. The minimum absolute atomic E-state index is 0.0858. The van der Waals surface area contributed by atoms with Crippen LogP contribution in [0.2, 0.25) is 5.02 Å². The van der Waals surface area contributed by atoms with Gasteiger partial charge in [0.1, 0.15) is 12.4 Å². The third kappa shape index (κ3) is 4.80. The van der Waals surface area contributed by atoms with Crippen LogP contribution in [-0.4, -0.2) is 19.1 Å². The van der Waals surface area contributed by atoms with Crippen molar-refractivity contribution >= 4 is 17.5 Å². The molecule has 1 amide bonds. The largest absolute Gasteiger partial charge is 0.492 e. The van der Waals surface area contributed by atoms with E-state index >= 15 is 0 Å². The first-order valence-corrected chi connectivity index (χ1v) is 7.32. The van der Waals surface area contributed by atoms with Gasteiger partial charge in [-0.1, -0.05) is 30.7 Å². The summed E-state index contributed by atoms with van der Waals surface area (Å²) < 4.78 is 5.51. The molecule has 0 saturated heterocycles. The predicted molar refractivity (Wildman–Crippen MR) is 85.1 cm³/mol. The van der Waals surface area contributed by atoms with E-state index in [0.29, 0.717) is 23.7 Å². The van der Waals surface area contributed by atoms with Crippen LogP contribution in [0.15, 0.2) is 48.5 Å². The fourth-order valence-corrected chi connectivity index (χ4v) is 1.98. The predicted octanol–water partition coefficient (Wildman–Crippen LogP) is 3.71. The zero-order valence-electron chi connectivity index (χ0n) is 11.9. The maximum Gasteiger partial charge on any atom is 0.251 e. The lowest BCUT2D eigenvalue weighted by Gasteiger charge is -2.08. The fraction of sp³-hybridized carbons (Fsp3) is 0.235. The second-order valence-electron chi connectivity index (χ2n) is 4.61. The molecule has 2 aromatic rings. The molecule has 0 heterocycles. The number of hydrogen-bond acceptors (Lipinski definition) is 2. The molecule has 0 saturated carbocycles. The van der Waals surface area contributed by atoms with Crippen molar-refractivity contribution in [1.29, 1.82) is 0 Å². The lowest BCUT2D eigenvalue weighted by Crippen LogP contribution is -2.28. The quantitative estimate of drug-likeness (QED) is 0.826. The molecule has 0 aromatic heterocycles. The molecule has 0 spiro atoms. The Morgan fingerprint density at radius 2 is 1.76 bits per heavy atom. The highest BCUT2D eigenvalue weighted by molar-refractivity contribution is 6.30. The number of carbonyl (C=O) groups excluding carboxylic acids is 1. The Morgan fingerprint density at radius 1 is 1.10 bits per heavy atom. The topological polar surface area (TPSA) is 38.3 Å². The molecule has 4 heteroatoms. The second kappa shape index (κ2) is 7.70. The van der Waals surface area contributed by atoms with Crippen molar-refractivity contribution in [3.05, 3.63) is 64.7 Å². The van der Waals surface area contributed by atoms with Gasteiger partial charge in [-0.25, -0.2) is 0 Å². The van der Waals surface area contributed by atoms with E-state index in [1.165, 1.54) is 5.56 Å². The van der Waals surface area contributed by atoms with E-state index in [4.69, 9.17) is 16.3 Å². The van der Waals surface area contributed by atoms with Gasteiger partial charge < -0.3 is 10.1 Å². The van der Waals surface area contributed by atoms with Crippen molar-refractivity contribution in [3.63, 3.8) is 0 Å². The standard InChI is InChI=1S/C17H18ClNO2/c1-2-13-3-5-14(6-4-13)17(20)19-11-12-21-16-9-7-15(18)8-10-16/h3-10H,2,11-12H2,1H3,(H,19,20). The zero-order valence-corrected chi connectivity index (χ0v) is 12.7. The molecular formula is C17H18ClNO2. The molecule has 0 aliphatic carbocycles. The Kier molecular flexibility index (Phi) is 5.64. The molecule has 110 valence electrons. The van der Waals surface area contributed by atoms with Crippen LogP contribution < -0.4 is 10.1 Å². The average Bonchev–Trinajstić information content (AvgIpc) is 2.53. The molecular weight excluding hydrogens is 286 g/mol. The SMILES string of the molecule is CCc1ccc(C(=O)NCCOc2ccc(Cl)cc2)cc1. The summed E-state index contributed by atoms with van der Waals surface area (Å²) in [6.45, 7) is 2.96. The fourth-order valence-electron chi connectivity index (χ4n) is 1.86. The lowest BCUT2D eigenvalue weighted by molar-refractivity contribution is 0.0947. The summed E-state index contributed by atoms with van der Waals surface area (Å²) >= 11 is 5.79. The van der Waals surface area contributed by atoms with Crippen molar-refractivity contribution in [2.45, 2.75) is 13.3 Å². The van der Waals surface area contributed by atoms with E-state index in [-0.39, 0.29) is 5.91 Å². The van der Waals surface area contributed by atoms with Crippen molar-refractivity contribution in [2.75, 3.05) is 13.2 Å². The molecule has 0 fully saturated rings. The van der Waals surface area contributed by atoms with Gasteiger partial charge in [0.25, 0.3) is 5.91 Å². The van der Waals surface area contributed by atoms with Crippen LogP contribution in [0.4, 0.5) is 0 Å². The highest BCUT2D eigenvalue weighted by Crippen LogP contribution is 2.15. The van der Waals surface area contributed by atoms with E-state index in [2.05, 4.69) is 12.2 Å². The third-order valence-electron chi connectivity index (χ3n) is 3.09. The summed E-state index contributed by atoms with van der Waals surface area (Å²) in [5, 5.41) is 3.50. The Morgan fingerprint density at radius 3 is 2.38 bits per heavy atom. The van der Waals surface area contributed by atoms with Gasteiger partial charge in [-0.3, -0.25) is 4.79 Å². The van der Waals surface area contributed by atoms with Crippen LogP contribution in [-0.2, 0) is 6.42 Å². The highest BCUT2D eigenvalue weighted by Gasteiger charge is 2.04. The van der Waals surface area contributed by atoms with Gasteiger partial charge in [0.15, 0.2) is 0 Å². The van der Waals surface area contributed by atoms with Crippen molar-refractivity contribution < 1.29 is 9.53 Å². The molecule has 0 unspecified atom stereocenters. The number of ether oxygens (including phenoxy) is 1. The van der Waals surface area contributed by atoms with E-state index < -0.39 is 0 Å². The van der Waals surface area contributed by atoms with Gasteiger partial charge in [0.05, 0.1) is 6.54 Å². The first-order valence-electron chi connectivity index (χ1n) is 6.94. The zero-order chi connectivity index (χ0) is 15.1. The molecule has 0 aliphatic rings. The maximum absolute atomic E-state index is 11.9. The van der Waals surface area contributed by atoms with Crippen molar-refractivity contribution in [3.8, 4) is 5.75 Å². The van der Waals surface area contributed by atoms with Gasteiger partial charge >= 0.3 is 0 Å². The minimum Gasteiger partial charge on any atom is -0.492 e. The molecule has 0 radical (unpaired) electrons. The number of carbonyl (C=O) groups is 1. The Hall–Kier alpha value is -2.00. The first-order chi connectivity index (χ1) is 10.2. The van der Waals surface area contributed by atoms with Gasteiger partial charge in [0, 0.05) is 10.6 Å². The Balaban J connectivity index is 1.74. The summed E-state index contributed by atoms with van der Waals surface area (Å²) in [5.41, 5.74) is 1.89. The monoisotopic (exact) mass is 303 g/mol. The molecule has 0 atom stereocenters. The summed E-state index contributed by atoms with van der Waals surface area (Å²) in [5.74, 6) is 0.651. The Bertz CT molecular complexity index is 579. The molecule has 0 bridgehead atoms. The summed E-state index contributed by atoms with van der Waals surface area (Å²) in [6.07, 6.45) is 0.969. The molecule has 2 rings (SSSR count). The summed E-state index contributed by atoms with van der Waals surface area (Å²) in [6, 6.07) is 14.8. The van der Waals surface area contributed by atoms with Gasteiger partial charge in [-0.2, -0.15) is 0 Å². The molecule has 3 nitrogen and oxygen atoms in total. The van der Waals surface area contributed by atoms with Crippen molar-refractivity contribution in [1.82, 2.24) is 5.32 Å². The van der Waals surface area contributed by atoms with Gasteiger partial charge in [0.2, 0.25) is 0 Å². The van der Waals surface area contributed by atoms with E-state index in [0.717, 1.165) is 12.2 Å². The summed E-state index contributed by atoms with van der Waals surface area (Å²) in [7, 11) is 0. The number of benzene rings is 2. The number of amides is 1. The average molecular weight is 304 g/mol. The normalized spacial score (nSPS) is 10.2. The maximum atomic E-state index is 11.9. The van der Waals surface area contributed by atoms with Crippen LogP contribution in [0, 0.1) is 0 Å². The highest BCUT2D eigenvalue weighted by atomic mass is 35.5. The lowest BCUT2D eigenvalue weighted by atomic mass is 10.1. The van der Waals surface area contributed by atoms with Crippen molar-refractivity contribution in [2.24, 2.45) is 0 Å². The first kappa shape index (κ1) is 15.4. The van der Waals surface area contributed by atoms with Crippen LogP contribution >= 0.6 is 11.6 Å².